The molecule has 0 radical (unpaired) electrons. The van der Waals surface area contributed by atoms with Crippen LogP contribution in [0.1, 0.15) is 18.4 Å². The molecular weight excluding hydrogens is 435 g/mol. The Morgan fingerprint density at radius 1 is 1.06 bits per heavy atom. The first-order valence-corrected chi connectivity index (χ1v) is 9.98. The summed E-state index contributed by atoms with van der Waals surface area (Å²) in [5, 5.41) is 7.12. The van der Waals surface area contributed by atoms with Crippen molar-refractivity contribution in [3.05, 3.63) is 54.5 Å². The number of carbonyl (C=O) groups is 1. The lowest BCUT2D eigenvalue weighted by atomic mass is 9.75. The molecule has 1 unspecified atom stereocenters. The van der Waals surface area contributed by atoms with Gasteiger partial charge in [0.1, 0.15) is 5.82 Å². The van der Waals surface area contributed by atoms with Crippen LogP contribution in [0.3, 0.4) is 0 Å². The number of anilines is 1. The highest BCUT2D eigenvalue weighted by Gasteiger charge is 2.59. The van der Waals surface area contributed by atoms with Gasteiger partial charge in [0.05, 0.1) is 11.6 Å². The fourth-order valence-corrected chi connectivity index (χ4v) is 4.11. The van der Waals surface area contributed by atoms with Gasteiger partial charge >= 0.3 is 12.1 Å². The number of aliphatic carboxylic acids is 1. The number of alkyl halides is 5. The van der Waals surface area contributed by atoms with E-state index in [1.165, 1.54) is 5.56 Å². The maximum absolute atomic E-state index is 14.9. The zero-order valence-electron chi connectivity index (χ0n) is 17.1. The molecule has 1 N–H and O–H groups in total. The van der Waals surface area contributed by atoms with Crippen LogP contribution in [0.5, 0.6) is 0 Å². The largest absolute Gasteiger partial charge is 0.490 e. The second-order valence-electron chi connectivity index (χ2n) is 7.97. The van der Waals surface area contributed by atoms with Crippen molar-refractivity contribution in [1.29, 1.82) is 0 Å². The molecule has 2 fully saturated rings. The summed E-state index contributed by atoms with van der Waals surface area (Å²) in [6.45, 7) is 2.53. The number of aromatic nitrogens is 2. The van der Waals surface area contributed by atoms with Crippen molar-refractivity contribution < 1.29 is 31.9 Å². The van der Waals surface area contributed by atoms with Crippen LogP contribution in [0.2, 0.25) is 0 Å². The monoisotopic (exact) mass is 458 g/mol. The molecule has 1 aromatic carbocycles. The number of nitrogens with zero attached hydrogens (tertiary/aromatic N) is 4. The lowest BCUT2D eigenvalue weighted by Crippen LogP contribution is -2.56. The third-order valence-electron chi connectivity index (χ3n) is 5.76. The number of carboxylic acids is 1. The van der Waals surface area contributed by atoms with Crippen LogP contribution in [-0.4, -0.2) is 64.2 Å². The predicted molar refractivity (Wildman–Crippen MR) is 106 cm³/mol. The molecule has 6 nitrogen and oxygen atoms in total. The van der Waals surface area contributed by atoms with Crippen molar-refractivity contribution in [2.75, 3.05) is 31.1 Å². The van der Waals surface area contributed by atoms with Crippen LogP contribution < -0.4 is 4.90 Å². The molecule has 3 heterocycles. The van der Waals surface area contributed by atoms with E-state index in [-0.39, 0.29) is 6.42 Å². The number of hydrogen-bond acceptors (Lipinski definition) is 5. The number of hydrogen-bond donors (Lipinski definition) is 1. The Morgan fingerprint density at radius 2 is 1.75 bits per heavy atom. The average molecular weight is 458 g/mol. The smallest absolute Gasteiger partial charge is 0.475 e. The second-order valence-corrected chi connectivity index (χ2v) is 7.97. The highest BCUT2D eigenvalue weighted by molar-refractivity contribution is 5.73. The van der Waals surface area contributed by atoms with Crippen molar-refractivity contribution in [3.63, 3.8) is 0 Å². The molecule has 0 saturated carbocycles. The van der Waals surface area contributed by atoms with Gasteiger partial charge in [-0.25, -0.2) is 18.6 Å². The van der Waals surface area contributed by atoms with Gasteiger partial charge in [-0.1, -0.05) is 30.3 Å². The summed E-state index contributed by atoms with van der Waals surface area (Å²) in [5.74, 6) is -4.71. The van der Waals surface area contributed by atoms with Crippen molar-refractivity contribution in [3.8, 4) is 0 Å². The fraction of sp³-hybridized carbons (Fsp3) is 0.476. The van der Waals surface area contributed by atoms with Gasteiger partial charge in [0.25, 0.3) is 5.92 Å². The van der Waals surface area contributed by atoms with Gasteiger partial charge < -0.3 is 10.0 Å². The molecule has 11 heteroatoms. The number of carboxylic acid groups (broad SMARTS) is 1. The molecule has 1 aromatic heterocycles. The van der Waals surface area contributed by atoms with E-state index in [9.17, 15) is 22.0 Å². The highest BCUT2D eigenvalue weighted by atomic mass is 19.4. The number of halogens is 5. The van der Waals surface area contributed by atoms with Gasteiger partial charge in [0, 0.05) is 51.5 Å². The van der Waals surface area contributed by atoms with E-state index < -0.39 is 23.5 Å². The van der Waals surface area contributed by atoms with Crippen LogP contribution in [-0.2, 0) is 11.3 Å². The molecule has 2 aliphatic rings. The van der Waals surface area contributed by atoms with Gasteiger partial charge in [-0.3, -0.25) is 9.88 Å². The summed E-state index contributed by atoms with van der Waals surface area (Å²) < 4.78 is 61.5. The van der Waals surface area contributed by atoms with Crippen molar-refractivity contribution >= 4 is 11.8 Å². The molecule has 4 rings (SSSR count). The van der Waals surface area contributed by atoms with Gasteiger partial charge in [-0.05, 0) is 12.0 Å². The number of piperidine rings is 1. The molecule has 1 spiro atoms. The first-order valence-electron chi connectivity index (χ1n) is 9.98. The second kappa shape index (κ2) is 9.35. The summed E-state index contributed by atoms with van der Waals surface area (Å²) in [4.78, 5) is 21.4. The predicted octanol–water partition coefficient (Wildman–Crippen LogP) is 3.85. The molecular formula is C21H23F5N4O2. The maximum atomic E-state index is 14.9. The Kier molecular flexibility index (Phi) is 6.97. The Hall–Kier alpha value is -2.82. The topological polar surface area (TPSA) is 69.6 Å². The third-order valence-corrected chi connectivity index (χ3v) is 5.76. The molecule has 0 amide bonds. The van der Waals surface area contributed by atoms with Gasteiger partial charge in [0.15, 0.2) is 0 Å². The SMILES string of the molecule is FC1(F)CCN(Cc2ccccc2)CC12CCN(c1cnccn1)C2.O=C(O)C(F)(F)F. The number of benzene rings is 1. The van der Waals surface area contributed by atoms with Crippen molar-refractivity contribution in [2.45, 2.75) is 31.5 Å². The molecule has 1 atom stereocenters. The number of likely N-dealkylation sites (tertiary alicyclic amines) is 1. The first-order chi connectivity index (χ1) is 15.0. The minimum absolute atomic E-state index is 0.0753. The van der Waals surface area contributed by atoms with E-state index in [1.807, 2.05) is 23.1 Å². The highest BCUT2D eigenvalue weighted by Crippen LogP contribution is 2.50. The van der Waals surface area contributed by atoms with E-state index in [0.29, 0.717) is 38.4 Å². The molecule has 2 aromatic rings. The molecule has 174 valence electrons. The van der Waals surface area contributed by atoms with E-state index >= 15 is 0 Å². The van der Waals surface area contributed by atoms with Crippen molar-refractivity contribution in [2.24, 2.45) is 5.41 Å². The third kappa shape index (κ3) is 5.50. The Balaban J connectivity index is 0.000000360. The molecule has 2 saturated heterocycles. The standard InChI is InChI=1S/C19H22F2N4.C2HF3O2/c20-19(21)7-10-24(13-16-4-2-1-3-5-16)14-18(19)6-11-25(15-18)17-12-22-8-9-23-17;3-2(4,5)1(6)7/h1-5,8-9,12H,6-7,10-11,13-15H2;(H,6,7). The lowest BCUT2D eigenvalue weighted by Gasteiger charge is -2.46. The minimum Gasteiger partial charge on any atom is -0.475 e. The van der Waals surface area contributed by atoms with Crippen LogP contribution in [0.15, 0.2) is 48.9 Å². The summed E-state index contributed by atoms with van der Waals surface area (Å²) in [6, 6.07) is 10.1. The van der Waals surface area contributed by atoms with Crippen LogP contribution in [0.25, 0.3) is 0 Å². The molecule has 0 aliphatic carbocycles. The van der Waals surface area contributed by atoms with Crippen LogP contribution in [0, 0.1) is 5.41 Å². The molecule has 0 bridgehead atoms. The average Bonchev–Trinajstić information content (AvgIpc) is 3.18. The zero-order chi connectivity index (χ0) is 23.4. The van der Waals surface area contributed by atoms with Crippen LogP contribution in [0.4, 0.5) is 27.8 Å². The van der Waals surface area contributed by atoms with E-state index in [1.54, 1.807) is 18.6 Å². The van der Waals surface area contributed by atoms with E-state index in [0.717, 1.165) is 6.54 Å². The van der Waals surface area contributed by atoms with Gasteiger partial charge in [0.2, 0.25) is 0 Å². The quantitative estimate of drug-likeness (QED) is 0.705. The molecule has 2 aliphatic heterocycles. The van der Waals surface area contributed by atoms with E-state index in [2.05, 4.69) is 27.0 Å². The number of rotatable bonds is 3. The van der Waals surface area contributed by atoms with Gasteiger partial charge in [-0.2, -0.15) is 13.2 Å². The zero-order valence-corrected chi connectivity index (χ0v) is 17.1. The minimum atomic E-state index is -5.08. The summed E-state index contributed by atoms with van der Waals surface area (Å²) in [6.07, 6.45) is 0.199. The summed E-state index contributed by atoms with van der Waals surface area (Å²) >= 11 is 0. The first kappa shape index (κ1) is 23.8. The summed E-state index contributed by atoms with van der Waals surface area (Å²) in [7, 11) is 0. The Morgan fingerprint density at radius 3 is 2.34 bits per heavy atom. The summed E-state index contributed by atoms with van der Waals surface area (Å²) in [5.41, 5.74) is 0.170. The molecule has 32 heavy (non-hydrogen) atoms. The normalized spacial score (nSPS) is 23.0. The maximum Gasteiger partial charge on any atom is 0.490 e. The lowest BCUT2D eigenvalue weighted by molar-refractivity contribution is -0.192. The van der Waals surface area contributed by atoms with E-state index in [4.69, 9.17) is 9.90 Å². The Labute approximate surface area is 181 Å². The van der Waals surface area contributed by atoms with Crippen molar-refractivity contribution in [1.82, 2.24) is 14.9 Å². The Bertz CT molecular complexity index is 898. The van der Waals surface area contributed by atoms with Crippen LogP contribution >= 0.6 is 0 Å². The van der Waals surface area contributed by atoms with Gasteiger partial charge in [-0.15, -0.1) is 0 Å². The fourth-order valence-electron chi connectivity index (χ4n) is 4.11.